The Balaban J connectivity index is 2.04. The van der Waals surface area contributed by atoms with E-state index in [0.29, 0.717) is 0 Å². The molecule has 0 unspecified atom stereocenters. The number of nitrogen functional groups attached to an aromatic ring is 1. The van der Waals surface area contributed by atoms with Crippen LogP contribution in [0.5, 0.6) is 0 Å². The van der Waals surface area contributed by atoms with Crippen molar-refractivity contribution in [3.8, 4) is 0 Å². The van der Waals surface area contributed by atoms with Gasteiger partial charge < -0.3 is 5.73 Å². The molecule has 0 aliphatic carbocycles. The van der Waals surface area contributed by atoms with Crippen LogP contribution in [0.4, 0.5) is 5.69 Å². The first-order chi connectivity index (χ1) is 10.9. The summed E-state index contributed by atoms with van der Waals surface area (Å²) >= 11 is 1.69. The van der Waals surface area contributed by atoms with Gasteiger partial charge in [0, 0.05) is 10.6 Å². The molecule has 23 heavy (non-hydrogen) atoms. The van der Waals surface area contributed by atoms with E-state index in [0.717, 1.165) is 22.6 Å². The first-order valence-electron chi connectivity index (χ1n) is 7.80. The number of allylic oxidation sites excluding steroid dienone is 1. The Morgan fingerprint density at radius 2 is 1.74 bits per heavy atom. The molecule has 2 heteroatoms. The Hall–Kier alpha value is -1.93. The molecule has 0 radical (unpaired) electrons. The third kappa shape index (κ3) is 4.77. The van der Waals surface area contributed by atoms with Crippen LogP contribution < -0.4 is 5.73 Å². The van der Waals surface area contributed by atoms with E-state index in [9.17, 15) is 0 Å². The molecule has 0 bridgehead atoms. The lowest BCUT2D eigenvalue weighted by molar-refractivity contribution is 1.11. The molecule has 2 aromatic rings. The van der Waals surface area contributed by atoms with E-state index < -0.39 is 0 Å². The van der Waals surface area contributed by atoms with Gasteiger partial charge in [0.1, 0.15) is 0 Å². The fourth-order valence-corrected chi connectivity index (χ4v) is 3.11. The molecular formula is C21H25NS. The number of benzene rings is 2. The highest BCUT2D eigenvalue weighted by Crippen LogP contribution is 2.29. The molecule has 0 aliphatic rings. The maximum atomic E-state index is 5.96. The molecule has 1 nitrogen and oxygen atoms in total. The third-order valence-corrected chi connectivity index (χ3v) is 5.01. The van der Waals surface area contributed by atoms with Crippen LogP contribution in [-0.2, 0) is 6.42 Å². The smallest absolute Gasteiger partial charge is 0.0346 e. The van der Waals surface area contributed by atoms with Crippen molar-refractivity contribution in [1.82, 2.24) is 0 Å². The minimum Gasteiger partial charge on any atom is -0.399 e. The van der Waals surface area contributed by atoms with Gasteiger partial charge in [-0.25, -0.2) is 0 Å². The van der Waals surface area contributed by atoms with E-state index in [1.807, 2.05) is 0 Å². The minimum absolute atomic E-state index is 0.870. The van der Waals surface area contributed by atoms with E-state index in [1.54, 1.807) is 11.8 Å². The molecule has 0 aromatic heterocycles. The summed E-state index contributed by atoms with van der Waals surface area (Å²) in [7, 11) is 0. The van der Waals surface area contributed by atoms with Gasteiger partial charge >= 0.3 is 0 Å². The lowest BCUT2D eigenvalue weighted by Gasteiger charge is -2.10. The number of rotatable bonds is 5. The van der Waals surface area contributed by atoms with Crippen LogP contribution in [0.25, 0.3) is 4.91 Å². The van der Waals surface area contributed by atoms with Crippen LogP contribution in [0.2, 0.25) is 0 Å². The molecule has 0 aliphatic heterocycles. The molecule has 0 atom stereocenters. The molecule has 2 rings (SSSR count). The Morgan fingerprint density at radius 1 is 1.09 bits per heavy atom. The van der Waals surface area contributed by atoms with Gasteiger partial charge in [0.25, 0.3) is 0 Å². The molecule has 2 N–H and O–H groups in total. The average molecular weight is 324 g/mol. The quantitative estimate of drug-likeness (QED) is 0.678. The Bertz CT molecular complexity index is 739. The van der Waals surface area contributed by atoms with Crippen LogP contribution >= 0.6 is 11.8 Å². The Labute approximate surface area is 144 Å². The third-order valence-electron chi connectivity index (χ3n) is 3.97. The molecule has 120 valence electrons. The zero-order chi connectivity index (χ0) is 17.0. The van der Waals surface area contributed by atoms with Gasteiger partial charge in [-0.2, -0.15) is 0 Å². The van der Waals surface area contributed by atoms with Crippen molar-refractivity contribution in [3.05, 3.63) is 81.8 Å². The first kappa shape index (κ1) is 17.4. The van der Waals surface area contributed by atoms with Crippen molar-refractivity contribution in [3.63, 3.8) is 0 Å². The van der Waals surface area contributed by atoms with E-state index in [2.05, 4.69) is 76.1 Å². The second-order valence-corrected chi connectivity index (χ2v) is 7.15. The normalized spacial score (nSPS) is 11.6. The van der Waals surface area contributed by atoms with Crippen molar-refractivity contribution in [2.45, 2.75) is 34.1 Å². The summed E-state index contributed by atoms with van der Waals surface area (Å²) in [6, 6.07) is 12.8. The second kappa shape index (κ2) is 7.56. The first-order valence-corrected chi connectivity index (χ1v) is 8.68. The second-order valence-electron chi connectivity index (χ2n) is 6.18. The number of anilines is 1. The topological polar surface area (TPSA) is 26.0 Å². The van der Waals surface area contributed by atoms with Gasteiger partial charge in [-0.15, -0.1) is 0 Å². The van der Waals surface area contributed by atoms with E-state index >= 15 is 0 Å². The van der Waals surface area contributed by atoms with Crippen LogP contribution in [-0.4, -0.2) is 0 Å². The number of nitrogens with two attached hydrogens (primary N) is 1. The SMILES string of the molecule is C=C(S/C=C(\C)Cc1cc(C)c(N)cc1C)c1ccc(C)cc1. The number of hydrogen-bond donors (Lipinski definition) is 1. The summed E-state index contributed by atoms with van der Waals surface area (Å²) < 4.78 is 0. The van der Waals surface area contributed by atoms with Crippen molar-refractivity contribution in [1.29, 1.82) is 0 Å². The number of hydrogen-bond acceptors (Lipinski definition) is 2. The predicted octanol–water partition coefficient (Wildman–Crippen LogP) is 6.04. The van der Waals surface area contributed by atoms with E-state index in [1.165, 1.54) is 27.8 Å². The fraction of sp³-hybridized carbons (Fsp3) is 0.238. The maximum absolute atomic E-state index is 5.96. The molecule has 2 aromatic carbocycles. The summed E-state index contributed by atoms with van der Waals surface area (Å²) in [4.78, 5) is 1.08. The summed E-state index contributed by atoms with van der Waals surface area (Å²) in [6.45, 7) is 12.6. The van der Waals surface area contributed by atoms with Gasteiger partial charge in [0.15, 0.2) is 0 Å². The van der Waals surface area contributed by atoms with Gasteiger partial charge in [-0.05, 0) is 67.8 Å². The van der Waals surface area contributed by atoms with Crippen molar-refractivity contribution in [2.24, 2.45) is 0 Å². The Morgan fingerprint density at radius 3 is 2.39 bits per heavy atom. The number of aryl methyl sites for hydroxylation is 3. The predicted molar refractivity (Wildman–Crippen MR) is 106 cm³/mol. The van der Waals surface area contributed by atoms with E-state index in [4.69, 9.17) is 5.73 Å². The lowest BCUT2D eigenvalue weighted by atomic mass is 9.99. The summed E-state index contributed by atoms with van der Waals surface area (Å²) in [5.41, 5.74) is 14.4. The zero-order valence-electron chi connectivity index (χ0n) is 14.4. The van der Waals surface area contributed by atoms with E-state index in [-0.39, 0.29) is 0 Å². The summed E-state index contributed by atoms with van der Waals surface area (Å²) in [5, 5.41) is 2.20. The summed E-state index contributed by atoms with van der Waals surface area (Å²) in [6.07, 6.45) is 0.946. The largest absolute Gasteiger partial charge is 0.399 e. The average Bonchev–Trinajstić information content (AvgIpc) is 2.51. The summed E-state index contributed by atoms with van der Waals surface area (Å²) in [5.74, 6) is 0. The van der Waals surface area contributed by atoms with Crippen molar-refractivity contribution < 1.29 is 0 Å². The van der Waals surface area contributed by atoms with Crippen LogP contribution in [0.3, 0.4) is 0 Å². The molecule has 0 fully saturated rings. The van der Waals surface area contributed by atoms with Crippen LogP contribution in [0, 0.1) is 20.8 Å². The zero-order valence-corrected chi connectivity index (χ0v) is 15.3. The van der Waals surface area contributed by atoms with Gasteiger partial charge in [-0.3, -0.25) is 0 Å². The fourth-order valence-electron chi connectivity index (χ4n) is 2.41. The molecule has 0 spiro atoms. The number of thioether (sulfide) groups is 1. The van der Waals surface area contributed by atoms with Crippen molar-refractivity contribution in [2.75, 3.05) is 5.73 Å². The monoisotopic (exact) mass is 323 g/mol. The molecule has 0 saturated carbocycles. The molecular weight excluding hydrogens is 298 g/mol. The highest BCUT2D eigenvalue weighted by atomic mass is 32.2. The van der Waals surface area contributed by atoms with Crippen LogP contribution in [0.1, 0.15) is 34.7 Å². The lowest BCUT2D eigenvalue weighted by Crippen LogP contribution is -1.96. The highest BCUT2D eigenvalue weighted by Gasteiger charge is 2.04. The van der Waals surface area contributed by atoms with Crippen LogP contribution in [0.15, 0.2) is 54.0 Å². The molecule has 0 amide bonds. The molecule has 0 saturated heterocycles. The van der Waals surface area contributed by atoms with Gasteiger partial charge in [0.05, 0.1) is 0 Å². The Kier molecular flexibility index (Phi) is 5.73. The van der Waals surface area contributed by atoms with Crippen molar-refractivity contribution >= 4 is 22.4 Å². The molecule has 0 heterocycles. The maximum Gasteiger partial charge on any atom is 0.0346 e. The standard InChI is InChI=1S/C21H25NS/c1-14-6-8-19(9-7-14)18(5)23-13-15(2)10-20-11-17(4)21(22)12-16(20)3/h6-9,11-13H,5,10,22H2,1-4H3/b15-13+. The van der Waals surface area contributed by atoms with Gasteiger partial charge in [0.2, 0.25) is 0 Å². The minimum atomic E-state index is 0.870. The highest BCUT2D eigenvalue weighted by molar-refractivity contribution is 8.10. The van der Waals surface area contributed by atoms with Gasteiger partial charge in [-0.1, -0.05) is 59.8 Å².